The molecular formula is C27H36N6O3. The maximum atomic E-state index is 13.6. The second-order valence-electron chi connectivity index (χ2n) is 10.9. The molecule has 2 atom stereocenters. The topological polar surface area (TPSA) is 98.2 Å². The molecular weight excluding hydrogens is 456 g/mol. The van der Waals surface area contributed by atoms with Crippen LogP contribution in [0.15, 0.2) is 29.1 Å². The molecule has 1 aromatic carbocycles. The van der Waals surface area contributed by atoms with Gasteiger partial charge < -0.3 is 14.5 Å². The highest BCUT2D eigenvalue weighted by Crippen LogP contribution is 2.45. The highest BCUT2D eigenvalue weighted by Gasteiger charge is 2.41. The van der Waals surface area contributed by atoms with E-state index in [1.807, 2.05) is 28.9 Å². The summed E-state index contributed by atoms with van der Waals surface area (Å²) in [6, 6.07) is 7.51. The molecule has 1 N–H and O–H groups in total. The molecule has 9 nitrogen and oxygen atoms in total. The van der Waals surface area contributed by atoms with Gasteiger partial charge in [-0.15, -0.1) is 5.10 Å². The minimum absolute atomic E-state index is 0.101. The molecule has 2 aromatic heterocycles. The molecule has 2 saturated heterocycles. The van der Waals surface area contributed by atoms with E-state index in [0.717, 1.165) is 61.4 Å². The molecule has 0 bridgehead atoms. The lowest BCUT2D eigenvalue weighted by Gasteiger charge is -2.47. The summed E-state index contributed by atoms with van der Waals surface area (Å²) in [7, 11) is 1.63. The van der Waals surface area contributed by atoms with Crippen LogP contribution < -0.4 is 10.3 Å². The van der Waals surface area contributed by atoms with E-state index in [1.165, 1.54) is 38.5 Å². The van der Waals surface area contributed by atoms with E-state index in [2.05, 4.69) is 25.4 Å². The Morgan fingerprint density at radius 3 is 2.83 bits per heavy atom. The van der Waals surface area contributed by atoms with Crippen LogP contribution in [0.1, 0.15) is 75.2 Å². The Labute approximate surface area is 211 Å². The Kier molecular flexibility index (Phi) is 6.52. The Morgan fingerprint density at radius 2 is 2.03 bits per heavy atom. The summed E-state index contributed by atoms with van der Waals surface area (Å²) >= 11 is 0. The molecule has 192 valence electrons. The molecule has 9 heteroatoms. The van der Waals surface area contributed by atoms with Crippen molar-refractivity contribution in [1.29, 1.82) is 0 Å². The second kappa shape index (κ2) is 9.94. The van der Waals surface area contributed by atoms with E-state index >= 15 is 0 Å². The average Bonchev–Trinajstić information content (AvgIpc) is 3.58. The predicted octanol–water partition coefficient (Wildman–Crippen LogP) is 3.84. The average molecular weight is 493 g/mol. The number of likely N-dealkylation sites (tertiary alicyclic amines) is 1. The first-order valence-electron chi connectivity index (χ1n) is 13.5. The first-order valence-corrected chi connectivity index (χ1v) is 13.5. The quantitative estimate of drug-likeness (QED) is 0.558. The summed E-state index contributed by atoms with van der Waals surface area (Å²) < 4.78 is 13.1. The number of hydrogen-bond acceptors (Lipinski definition) is 7. The molecule has 4 heterocycles. The Balaban J connectivity index is 1.43. The highest BCUT2D eigenvalue weighted by molar-refractivity contribution is 5.80. The summed E-state index contributed by atoms with van der Waals surface area (Å²) in [5.74, 6) is 1.45. The second-order valence-corrected chi connectivity index (χ2v) is 10.9. The third-order valence-electron chi connectivity index (χ3n) is 8.55. The van der Waals surface area contributed by atoms with E-state index in [4.69, 9.17) is 9.47 Å². The number of pyridine rings is 1. The number of benzene rings is 1. The van der Waals surface area contributed by atoms with Crippen molar-refractivity contribution in [1.82, 2.24) is 30.1 Å². The number of H-pyrrole nitrogens is 1. The van der Waals surface area contributed by atoms with Crippen LogP contribution in [-0.4, -0.2) is 63.0 Å². The van der Waals surface area contributed by atoms with Crippen LogP contribution >= 0.6 is 0 Å². The number of nitrogens with one attached hydrogen (secondary N) is 1. The monoisotopic (exact) mass is 492 g/mol. The fourth-order valence-corrected chi connectivity index (χ4v) is 6.72. The van der Waals surface area contributed by atoms with Crippen LogP contribution in [0.4, 0.5) is 0 Å². The van der Waals surface area contributed by atoms with Crippen molar-refractivity contribution >= 4 is 10.9 Å². The van der Waals surface area contributed by atoms with Gasteiger partial charge in [-0.3, -0.25) is 9.69 Å². The van der Waals surface area contributed by atoms with Gasteiger partial charge >= 0.3 is 0 Å². The van der Waals surface area contributed by atoms with Crippen molar-refractivity contribution in [2.24, 2.45) is 5.41 Å². The van der Waals surface area contributed by atoms with Gasteiger partial charge in [0.05, 0.1) is 25.3 Å². The fourth-order valence-electron chi connectivity index (χ4n) is 6.72. The Bertz CT molecular complexity index is 1250. The first kappa shape index (κ1) is 23.6. The number of piperidine rings is 1. The largest absolute Gasteiger partial charge is 0.497 e. The van der Waals surface area contributed by atoms with Crippen LogP contribution in [0, 0.1) is 5.41 Å². The molecule has 1 spiro atoms. The number of rotatable bonds is 6. The van der Waals surface area contributed by atoms with Crippen molar-refractivity contribution in [2.75, 3.05) is 26.8 Å². The number of hydrogen-bond donors (Lipinski definition) is 1. The van der Waals surface area contributed by atoms with Gasteiger partial charge in [-0.2, -0.15) is 0 Å². The molecule has 2 unspecified atom stereocenters. The third kappa shape index (κ3) is 4.54. The number of tetrazole rings is 1. The molecule has 0 radical (unpaired) electrons. The van der Waals surface area contributed by atoms with Gasteiger partial charge in [0.15, 0.2) is 5.82 Å². The van der Waals surface area contributed by atoms with Gasteiger partial charge in [0.2, 0.25) is 0 Å². The zero-order valence-electron chi connectivity index (χ0n) is 21.1. The van der Waals surface area contributed by atoms with Crippen LogP contribution in [0.2, 0.25) is 0 Å². The first-order chi connectivity index (χ1) is 17.6. The Hall–Kier alpha value is -2.78. The van der Waals surface area contributed by atoms with E-state index < -0.39 is 0 Å². The van der Waals surface area contributed by atoms with E-state index in [0.29, 0.717) is 17.5 Å². The third-order valence-corrected chi connectivity index (χ3v) is 8.55. The molecule has 3 aliphatic rings. The number of aromatic nitrogens is 5. The standard InChI is InChI=1S/C27H36N6O3/c1-35-20-9-8-19-15-22(26(34)28-23(19)16-20)24(25-29-30-31-33(25)17-21-7-5-14-36-21)32-13-6-12-27(18-32)10-3-2-4-11-27/h8-9,15-16,21,24H,2-7,10-14,17-18H2,1H3,(H,28,34). The van der Waals surface area contributed by atoms with Gasteiger partial charge in [-0.1, -0.05) is 19.3 Å². The molecule has 3 aromatic rings. The molecule has 2 aliphatic heterocycles. The van der Waals surface area contributed by atoms with Crippen LogP contribution in [0.5, 0.6) is 5.75 Å². The van der Waals surface area contributed by atoms with Gasteiger partial charge in [0, 0.05) is 24.8 Å². The predicted molar refractivity (Wildman–Crippen MR) is 136 cm³/mol. The number of methoxy groups -OCH3 is 1. The minimum Gasteiger partial charge on any atom is -0.497 e. The smallest absolute Gasteiger partial charge is 0.253 e. The Morgan fingerprint density at radius 1 is 1.17 bits per heavy atom. The van der Waals surface area contributed by atoms with Crippen LogP contribution in [-0.2, 0) is 11.3 Å². The number of ether oxygens (including phenoxy) is 2. The maximum absolute atomic E-state index is 13.6. The maximum Gasteiger partial charge on any atom is 0.253 e. The van der Waals surface area contributed by atoms with Crippen molar-refractivity contribution in [3.63, 3.8) is 0 Å². The minimum atomic E-state index is -0.309. The summed E-state index contributed by atoms with van der Waals surface area (Å²) in [6.45, 7) is 3.30. The molecule has 1 saturated carbocycles. The van der Waals surface area contributed by atoms with Crippen molar-refractivity contribution in [3.05, 3.63) is 46.0 Å². The lowest BCUT2D eigenvalue weighted by Crippen LogP contribution is -2.47. The highest BCUT2D eigenvalue weighted by atomic mass is 16.5. The zero-order chi connectivity index (χ0) is 24.5. The SMILES string of the molecule is COc1ccc2cc(C(c3nnnn3CC3CCCO3)N3CCCC4(CCCCC4)C3)c(=O)[nH]c2c1. The normalized spacial score (nSPS) is 23.3. The van der Waals surface area contributed by atoms with E-state index in [9.17, 15) is 4.79 Å². The van der Waals surface area contributed by atoms with Crippen LogP contribution in [0.25, 0.3) is 10.9 Å². The van der Waals surface area contributed by atoms with E-state index in [-0.39, 0.29) is 17.7 Å². The molecule has 0 amide bonds. The van der Waals surface area contributed by atoms with Crippen molar-refractivity contribution < 1.29 is 9.47 Å². The number of nitrogens with zero attached hydrogens (tertiary/aromatic N) is 5. The zero-order valence-corrected chi connectivity index (χ0v) is 21.1. The number of aromatic amines is 1. The summed E-state index contributed by atoms with van der Waals surface area (Å²) in [4.78, 5) is 19.2. The lowest BCUT2D eigenvalue weighted by atomic mass is 9.69. The molecule has 6 rings (SSSR count). The lowest BCUT2D eigenvalue weighted by molar-refractivity contribution is 0.0326. The summed E-state index contributed by atoms with van der Waals surface area (Å²) in [5.41, 5.74) is 1.70. The van der Waals surface area contributed by atoms with Gasteiger partial charge in [0.1, 0.15) is 11.8 Å². The van der Waals surface area contributed by atoms with Crippen LogP contribution in [0.3, 0.4) is 0 Å². The van der Waals surface area contributed by atoms with Crippen molar-refractivity contribution in [2.45, 2.75) is 76.5 Å². The van der Waals surface area contributed by atoms with Gasteiger partial charge in [-0.05, 0) is 84.5 Å². The van der Waals surface area contributed by atoms with E-state index in [1.54, 1.807) is 7.11 Å². The van der Waals surface area contributed by atoms with Crippen molar-refractivity contribution in [3.8, 4) is 5.75 Å². The van der Waals surface area contributed by atoms with Gasteiger partial charge in [0.25, 0.3) is 5.56 Å². The fraction of sp³-hybridized carbons (Fsp3) is 0.630. The molecule has 36 heavy (non-hydrogen) atoms. The molecule has 1 aliphatic carbocycles. The number of fused-ring (bicyclic) bond motifs is 1. The summed E-state index contributed by atoms with van der Waals surface area (Å²) in [5, 5.41) is 13.9. The van der Waals surface area contributed by atoms with Gasteiger partial charge in [-0.25, -0.2) is 4.68 Å². The summed E-state index contributed by atoms with van der Waals surface area (Å²) in [6.07, 6.45) is 11.1. The molecule has 3 fully saturated rings.